The van der Waals surface area contributed by atoms with Crippen molar-refractivity contribution in [2.24, 2.45) is 0 Å². The highest BCUT2D eigenvalue weighted by atomic mass is 16.5. The van der Waals surface area contributed by atoms with Crippen LogP contribution in [0.5, 0.6) is 5.75 Å². The third-order valence-corrected chi connectivity index (χ3v) is 2.90. The summed E-state index contributed by atoms with van der Waals surface area (Å²) in [6.07, 6.45) is 1.03. The molecule has 0 spiro atoms. The fraction of sp³-hybridized carbons (Fsp3) is 0.571. The van der Waals surface area contributed by atoms with E-state index in [1.165, 1.54) is 0 Å². The Balaban J connectivity index is 2.27. The lowest BCUT2D eigenvalue weighted by Gasteiger charge is -2.24. The first-order chi connectivity index (χ1) is 8.15. The lowest BCUT2D eigenvalue weighted by Crippen LogP contribution is -2.32. The first kappa shape index (κ1) is 13.8. The largest absolute Gasteiger partial charge is 0.491 e. The van der Waals surface area contributed by atoms with Gasteiger partial charge in [-0.05, 0) is 38.9 Å². The van der Waals surface area contributed by atoms with E-state index in [0.717, 1.165) is 31.9 Å². The zero-order chi connectivity index (χ0) is 12.7. The summed E-state index contributed by atoms with van der Waals surface area (Å²) in [7, 11) is 0. The first-order valence-electron chi connectivity index (χ1n) is 6.36. The summed E-state index contributed by atoms with van der Waals surface area (Å²) >= 11 is 0. The van der Waals surface area contributed by atoms with E-state index in [4.69, 9.17) is 10.5 Å². The Morgan fingerprint density at radius 2 is 2.00 bits per heavy atom. The molecule has 0 aliphatic carbocycles. The second-order valence-electron chi connectivity index (χ2n) is 4.46. The predicted molar refractivity (Wildman–Crippen MR) is 73.3 cm³/mol. The number of para-hydroxylation sites is 2. The van der Waals surface area contributed by atoms with Crippen molar-refractivity contribution in [3.63, 3.8) is 0 Å². The Hall–Kier alpha value is -1.22. The van der Waals surface area contributed by atoms with Gasteiger partial charge in [-0.3, -0.25) is 0 Å². The van der Waals surface area contributed by atoms with Gasteiger partial charge in [0.05, 0.1) is 12.3 Å². The molecule has 0 amide bonds. The summed E-state index contributed by atoms with van der Waals surface area (Å²) in [6.45, 7) is 9.51. The summed E-state index contributed by atoms with van der Waals surface area (Å²) in [5, 5.41) is 0. The van der Waals surface area contributed by atoms with Crippen LogP contribution < -0.4 is 10.5 Å². The molecule has 17 heavy (non-hydrogen) atoms. The summed E-state index contributed by atoms with van der Waals surface area (Å²) in [5.74, 6) is 0.792. The molecule has 0 unspecified atom stereocenters. The molecule has 0 bridgehead atoms. The normalized spacial score (nSPS) is 11.1. The van der Waals surface area contributed by atoms with Gasteiger partial charge in [0, 0.05) is 12.6 Å². The van der Waals surface area contributed by atoms with E-state index in [0.29, 0.717) is 11.7 Å². The van der Waals surface area contributed by atoms with Gasteiger partial charge in [0.25, 0.3) is 0 Å². The molecule has 0 radical (unpaired) electrons. The van der Waals surface area contributed by atoms with E-state index in [1.54, 1.807) is 0 Å². The van der Waals surface area contributed by atoms with Crippen LogP contribution in [0, 0.1) is 0 Å². The van der Waals surface area contributed by atoms with Crippen LogP contribution in [0.2, 0.25) is 0 Å². The first-order valence-corrected chi connectivity index (χ1v) is 6.36. The molecule has 0 aromatic heterocycles. The number of benzene rings is 1. The highest BCUT2D eigenvalue weighted by Crippen LogP contribution is 2.19. The zero-order valence-corrected chi connectivity index (χ0v) is 11.1. The van der Waals surface area contributed by atoms with Crippen LogP contribution in [0.4, 0.5) is 5.69 Å². The van der Waals surface area contributed by atoms with Crippen LogP contribution in [0.15, 0.2) is 24.3 Å². The second kappa shape index (κ2) is 7.17. The van der Waals surface area contributed by atoms with Gasteiger partial charge >= 0.3 is 0 Å². The van der Waals surface area contributed by atoms with E-state index in [2.05, 4.69) is 25.7 Å². The van der Waals surface area contributed by atoms with E-state index in [9.17, 15) is 0 Å². The number of hydrogen-bond donors (Lipinski definition) is 1. The highest BCUT2D eigenvalue weighted by molar-refractivity contribution is 5.51. The molecule has 0 heterocycles. The minimum absolute atomic E-state index is 0.599. The van der Waals surface area contributed by atoms with Gasteiger partial charge in [0.2, 0.25) is 0 Å². The molecular weight excluding hydrogens is 212 g/mol. The van der Waals surface area contributed by atoms with Crippen LogP contribution in [-0.4, -0.2) is 30.6 Å². The fourth-order valence-corrected chi connectivity index (χ4v) is 1.84. The molecule has 0 saturated carbocycles. The number of nitrogens with zero attached hydrogens (tertiary/aromatic N) is 1. The van der Waals surface area contributed by atoms with Gasteiger partial charge in [0.15, 0.2) is 0 Å². The highest BCUT2D eigenvalue weighted by Gasteiger charge is 2.06. The van der Waals surface area contributed by atoms with Crippen LogP contribution in [0.25, 0.3) is 0 Å². The van der Waals surface area contributed by atoms with Crippen molar-refractivity contribution in [2.75, 3.05) is 25.4 Å². The van der Waals surface area contributed by atoms with Crippen molar-refractivity contribution in [1.29, 1.82) is 0 Å². The smallest absolute Gasteiger partial charge is 0.142 e. The summed E-state index contributed by atoms with van der Waals surface area (Å²) < 4.78 is 5.66. The van der Waals surface area contributed by atoms with Crippen molar-refractivity contribution >= 4 is 5.69 Å². The molecule has 0 aliphatic heterocycles. The van der Waals surface area contributed by atoms with Crippen LogP contribution >= 0.6 is 0 Å². The van der Waals surface area contributed by atoms with Crippen molar-refractivity contribution in [3.8, 4) is 5.75 Å². The maximum absolute atomic E-state index is 5.80. The quantitative estimate of drug-likeness (QED) is 0.584. The molecule has 1 aromatic carbocycles. The molecule has 0 fully saturated rings. The zero-order valence-electron chi connectivity index (χ0n) is 11.1. The number of rotatable bonds is 7. The fourth-order valence-electron chi connectivity index (χ4n) is 1.84. The standard InChI is InChI=1S/C14H24N2O/c1-4-16(12(2)3)10-7-11-17-14-9-6-5-8-13(14)15/h5-6,8-9,12H,4,7,10-11,15H2,1-3H3. The van der Waals surface area contributed by atoms with Crippen LogP contribution in [-0.2, 0) is 0 Å². The molecular formula is C14H24N2O. The van der Waals surface area contributed by atoms with E-state index in [1.807, 2.05) is 24.3 Å². The molecule has 3 nitrogen and oxygen atoms in total. The summed E-state index contributed by atoms with van der Waals surface area (Å²) in [5.41, 5.74) is 6.51. The molecule has 96 valence electrons. The number of ether oxygens (including phenoxy) is 1. The Labute approximate surface area is 105 Å². The van der Waals surface area contributed by atoms with E-state index in [-0.39, 0.29) is 0 Å². The van der Waals surface area contributed by atoms with Gasteiger partial charge in [-0.25, -0.2) is 0 Å². The maximum Gasteiger partial charge on any atom is 0.142 e. The number of nitrogens with two attached hydrogens (primary N) is 1. The van der Waals surface area contributed by atoms with Crippen molar-refractivity contribution in [3.05, 3.63) is 24.3 Å². The SMILES string of the molecule is CCN(CCCOc1ccccc1N)C(C)C. The number of anilines is 1. The molecule has 1 rings (SSSR count). The monoisotopic (exact) mass is 236 g/mol. The maximum atomic E-state index is 5.80. The van der Waals surface area contributed by atoms with Gasteiger partial charge < -0.3 is 15.4 Å². The Kier molecular flexibility index (Phi) is 5.84. The van der Waals surface area contributed by atoms with Gasteiger partial charge in [0.1, 0.15) is 5.75 Å². The Bertz CT molecular complexity index is 326. The molecule has 0 saturated heterocycles. The minimum atomic E-state index is 0.599. The third kappa shape index (κ3) is 4.65. The molecule has 1 aromatic rings. The summed E-state index contributed by atoms with van der Waals surface area (Å²) in [6, 6.07) is 8.23. The predicted octanol–water partition coefficient (Wildman–Crippen LogP) is 2.77. The lowest BCUT2D eigenvalue weighted by molar-refractivity contribution is 0.207. The van der Waals surface area contributed by atoms with Crippen molar-refractivity contribution < 1.29 is 4.74 Å². The molecule has 3 heteroatoms. The Morgan fingerprint density at radius 1 is 1.29 bits per heavy atom. The average Bonchev–Trinajstić information content (AvgIpc) is 2.31. The van der Waals surface area contributed by atoms with Gasteiger partial charge in [-0.2, -0.15) is 0 Å². The lowest BCUT2D eigenvalue weighted by atomic mass is 10.3. The number of hydrogen-bond acceptors (Lipinski definition) is 3. The van der Waals surface area contributed by atoms with Crippen molar-refractivity contribution in [2.45, 2.75) is 33.2 Å². The second-order valence-corrected chi connectivity index (χ2v) is 4.46. The molecule has 0 aliphatic rings. The van der Waals surface area contributed by atoms with Crippen LogP contribution in [0.1, 0.15) is 27.2 Å². The average molecular weight is 236 g/mol. The molecule has 0 atom stereocenters. The van der Waals surface area contributed by atoms with Gasteiger partial charge in [-0.1, -0.05) is 19.1 Å². The third-order valence-electron chi connectivity index (χ3n) is 2.90. The van der Waals surface area contributed by atoms with Gasteiger partial charge in [-0.15, -0.1) is 0 Å². The van der Waals surface area contributed by atoms with E-state index >= 15 is 0 Å². The Morgan fingerprint density at radius 3 is 2.59 bits per heavy atom. The van der Waals surface area contributed by atoms with Crippen LogP contribution in [0.3, 0.4) is 0 Å². The topological polar surface area (TPSA) is 38.5 Å². The van der Waals surface area contributed by atoms with Crippen molar-refractivity contribution in [1.82, 2.24) is 4.90 Å². The molecule has 2 N–H and O–H groups in total. The summed E-state index contributed by atoms with van der Waals surface area (Å²) in [4.78, 5) is 2.43. The van der Waals surface area contributed by atoms with E-state index < -0.39 is 0 Å². The number of nitrogen functional groups attached to an aromatic ring is 1. The minimum Gasteiger partial charge on any atom is -0.491 e.